The molecule has 100 valence electrons. The van der Waals surface area contributed by atoms with Gasteiger partial charge in [-0.1, -0.05) is 13.8 Å². The summed E-state index contributed by atoms with van der Waals surface area (Å²) >= 11 is 0. The molecule has 2 N–H and O–H groups in total. The lowest BCUT2D eigenvalue weighted by Gasteiger charge is -2.18. The molecule has 1 unspecified atom stereocenters. The van der Waals surface area contributed by atoms with E-state index in [0.29, 0.717) is 24.7 Å². The van der Waals surface area contributed by atoms with Crippen molar-refractivity contribution in [3.05, 3.63) is 17.3 Å². The molecule has 0 saturated carbocycles. The van der Waals surface area contributed by atoms with E-state index in [1.165, 1.54) is 0 Å². The van der Waals surface area contributed by atoms with E-state index >= 15 is 0 Å². The number of Topliss-reactive ketones (excluding diaryl/α,β-unsaturated/α-hetero) is 1. The van der Waals surface area contributed by atoms with Gasteiger partial charge in [0.1, 0.15) is 11.5 Å². The van der Waals surface area contributed by atoms with Gasteiger partial charge in [-0.3, -0.25) is 4.79 Å². The van der Waals surface area contributed by atoms with E-state index in [2.05, 4.69) is 18.8 Å². The fourth-order valence-corrected chi connectivity index (χ4v) is 2.40. The van der Waals surface area contributed by atoms with Gasteiger partial charge in [0.2, 0.25) is 0 Å². The lowest BCUT2D eigenvalue weighted by molar-refractivity contribution is -0.123. The van der Waals surface area contributed by atoms with Gasteiger partial charge in [0.05, 0.1) is 5.69 Å². The highest BCUT2D eigenvalue weighted by Gasteiger charge is 2.28. The molecule has 4 nitrogen and oxygen atoms in total. The molecule has 1 aliphatic carbocycles. The number of hydrogen-bond acceptors (Lipinski definition) is 4. The first-order chi connectivity index (χ1) is 8.61. The lowest BCUT2D eigenvalue weighted by atomic mass is 9.86. The molecule has 0 amide bonds. The molecule has 18 heavy (non-hydrogen) atoms. The van der Waals surface area contributed by atoms with Crippen LogP contribution in [0.3, 0.4) is 0 Å². The first kappa shape index (κ1) is 13.3. The second-order valence-electron chi connectivity index (χ2n) is 5.37. The second kappa shape index (κ2) is 5.65. The Kier molecular flexibility index (Phi) is 4.17. The Morgan fingerprint density at radius 2 is 2.33 bits per heavy atom. The van der Waals surface area contributed by atoms with Gasteiger partial charge < -0.3 is 10.2 Å². The summed E-state index contributed by atoms with van der Waals surface area (Å²) in [5.41, 5.74) is 6.50. The number of nitrogens with two attached hydrogens (primary N) is 1. The number of aromatic nitrogens is 1. The van der Waals surface area contributed by atoms with Crippen LogP contribution < -0.4 is 5.73 Å². The smallest absolute Gasteiger partial charge is 0.197 e. The fraction of sp³-hybridized carbons (Fsp3) is 0.714. The van der Waals surface area contributed by atoms with Gasteiger partial charge in [0.15, 0.2) is 5.89 Å². The largest absolute Gasteiger partial charge is 0.445 e. The Hall–Kier alpha value is -1.16. The first-order valence-electron chi connectivity index (χ1n) is 6.83. The molecule has 0 bridgehead atoms. The number of hydrogen-bond donors (Lipinski definition) is 1. The number of rotatable bonds is 5. The molecule has 4 heteroatoms. The van der Waals surface area contributed by atoms with Crippen molar-refractivity contribution in [1.82, 2.24) is 4.98 Å². The summed E-state index contributed by atoms with van der Waals surface area (Å²) in [5.74, 6) is 2.47. The Morgan fingerprint density at radius 1 is 1.56 bits per heavy atom. The summed E-state index contributed by atoms with van der Waals surface area (Å²) in [4.78, 5) is 16.5. The monoisotopic (exact) mass is 250 g/mol. The molecule has 0 spiro atoms. The number of oxazole rings is 1. The van der Waals surface area contributed by atoms with Crippen molar-refractivity contribution in [2.24, 2.45) is 11.7 Å². The summed E-state index contributed by atoms with van der Waals surface area (Å²) in [6, 6.07) is 0. The topological polar surface area (TPSA) is 69.1 Å². The van der Waals surface area contributed by atoms with E-state index < -0.39 is 0 Å². The van der Waals surface area contributed by atoms with E-state index in [9.17, 15) is 4.79 Å². The van der Waals surface area contributed by atoms with E-state index in [1.807, 2.05) is 0 Å². The van der Waals surface area contributed by atoms with Crippen molar-refractivity contribution in [3.8, 4) is 0 Å². The van der Waals surface area contributed by atoms with Crippen LogP contribution in [0.2, 0.25) is 0 Å². The summed E-state index contributed by atoms with van der Waals surface area (Å²) in [5, 5.41) is 0. The molecule has 2 rings (SSSR count). The van der Waals surface area contributed by atoms with Gasteiger partial charge in [0.25, 0.3) is 0 Å². The molecule has 0 fully saturated rings. The molecule has 1 atom stereocenters. The first-order valence-corrected chi connectivity index (χ1v) is 6.83. The maximum absolute atomic E-state index is 12.0. The Bertz CT molecular complexity index is 423. The Labute approximate surface area is 108 Å². The number of carbonyl (C=O) groups is 1. The van der Waals surface area contributed by atoms with Gasteiger partial charge in [-0.2, -0.15) is 0 Å². The van der Waals surface area contributed by atoms with Crippen molar-refractivity contribution in [2.45, 2.75) is 51.9 Å². The molecular formula is C14H22N2O2. The minimum absolute atomic E-state index is 0.108. The van der Waals surface area contributed by atoms with Crippen molar-refractivity contribution >= 4 is 5.78 Å². The normalized spacial score (nSPS) is 19.0. The number of fused-ring (bicyclic) bond motifs is 1. The molecule has 0 aliphatic heterocycles. The molecule has 1 aliphatic rings. The predicted octanol–water partition coefficient (Wildman–Crippen LogP) is 2.21. The Morgan fingerprint density at radius 3 is 3.00 bits per heavy atom. The molecule has 0 radical (unpaired) electrons. The van der Waals surface area contributed by atoms with Gasteiger partial charge in [-0.25, -0.2) is 4.98 Å². The predicted molar refractivity (Wildman–Crippen MR) is 69.4 cm³/mol. The third-order valence-corrected chi connectivity index (χ3v) is 3.53. The number of carbonyl (C=O) groups excluding carboxylic acids is 1. The van der Waals surface area contributed by atoms with Crippen molar-refractivity contribution < 1.29 is 9.21 Å². The molecule has 0 saturated heterocycles. The summed E-state index contributed by atoms with van der Waals surface area (Å²) < 4.78 is 5.76. The zero-order chi connectivity index (χ0) is 13.1. The van der Waals surface area contributed by atoms with Crippen LogP contribution in [-0.2, 0) is 17.6 Å². The second-order valence-corrected chi connectivity index (χ2v) is 5.37. The highest BCUT2D eigenvalue weighted by molar-refractivity contribution is 5.81. The minimum atomic E-state index is 0.108. The quantitative estimate of drug-likeness (QED) is 0.870. The van der Waals surface area contributed by atoms with Crippen molar-refractivity contribution in [2.75, 3.05) is 6.54 Å². The van der Waals surface area contributed by atoms with Crippen LogP contribution in [0.25, 0.3) is 0 Å². The highest BCUT2D eigenvalue weighted by Crippen LogP contribution is 2.29. The van der Waals surface area contributed by atoms with Crippen LogP contribution in [0, 0.1) is 5.92 Å². The van der Waals surface area contributed by atoms with Crippen LogP contribution in [0.15, 0.2) is 4.42 Å². The van der Waals surface area contributed by atoms with Gasteiger partial charge >= 0.3 is 0 Å². The van der Waals surface area contributed by atoms with Gasteiger partial charge in [-0.05, 0) is 25.8 Å². The molecular weight excluding hydrogens is 228 g/mol. The van der Waals surface area contributed by atoms with E-state index in [4.69, 9.17) is 10.2 Å². The highest BCUT2D eigenvalue weighted by atomic mass is 16.4. The number of aryl methyl sites for hydroxylation is 1. The number of nitrogens with zero attached hydrogens (tertiary/aromatic N) is 1. The lowest BCUT2D eigenvalue weighted by Crippen LogP contribution is -2.22. The van der Waals surface area contributed by atoms with Crippen LogP contribution in [0.4, 0.5) is 0 Å². The van der Waals surface area contributed by atoms with Crippen LogP contribution in [0.1, 0.15) is 56.4 Å². The van der Waals surface area contributed by atoms with Crippen molar-refractivity contribution in [3.63, 3.8) is 0 Å². The molecule has 1 aromatic heterocycles. The standard InChI is InChI=1S/C14H22N2O2/c1-9(2)14-16-11-6-5-10(8-13(11)18-14)12(17)4-3-7-15/h9-10H,3-8,15H2,1-2H3. The van der Waals surface area contributed by atoms with Crippen LogP contribution >= 0.6 is 0 Å². The molecule has 0 aromatic carbocycles. The van der Waals surface area contributed by atoms with Crippen LogP contribution in [0.5, 0.6) is 0 Å². The third kappa shape index (κ3) is 2.80. The average molecular weight is 250 g/mol. The summed E-state index contributed by atoms with van der Waals surface area (Å²) in [6.07, 6.45) is 3.88. The summed E-state index contributed by atoms with van der Waals surface area (Å²) in [6.45, 7) is 4.73. The zero-order valence-corrected chi connectivity index (χ0v) is 11.2. The van der Waals surface area contributed by atoms with E-state index in [-0.39, 0.29) is 5.92 Å². The summed E-state index contributed by atoms with van der Waals surface area (Å²) in [7, 11) is 0. The SMILES string of the molecule is CC(C)c1nc2c(o1)CC(C(=O)CCCN)CC2. The Balaban J connectivity index is 2.03. The molecule has 1 heterocycles. The fourth-order valence-electron chi connectivity index (χ4n) is 2.40. The third-order valence-electron chi connectivity index (χ3n) is 3.53. The van der Waals surface area contributed by atoms with Gasteiger partial charge in [-0.15, -0.1) is 0 Å². The van der Waals surface area contributed by atoms with E-state index in [0.717, 1.165) is 43.0 Å². The number of ketones is 1. The van der Waals surface area contributed by atoms with Gasteiger partial charge in [0, 0.05) is 24.7 Å². The average Bonchev–Trinajstić information content (AvgIpc) is 2.78. The zero-order valence-electron chi connectivity index (χ0n) is 11.2. The van der Waals surface area contributed by atoms with E-state index in [1.54, 1.807) is 0 Å². The van der Waals surface area contributed by atoms with Crippen LogP contribution in [-0.4, -0.2) is 17.3 Å². The minimum Gasteiger partial charge on any atom is -0.445 e. The van der Waals surface area contributed by atoms with Crippen molar-refractivity contribution in [1.29, 1.82) is 0 Å². The maximum Gasteiger partial charge on any atom is 0.197 e. The molecule has 1 aromatic rings. The maximum atomic E-state index is 12.0.